The molecule has 0 radical (unpaired) electrons. The zero-order valence-corrected chi connectivity index (χ0v) is 12.2. The molecule has 0 atom stereocenters. The fraction of sp³-hybridized carbons (Fsp3) is 0.100. The maximum atomic E-state index is 5.52. The van der Waals surface area contributed by atoms with E-state index in [0.717, 1.165) is 14.4 Å². The molecule has 0 spiro atoms. The minimum absolute atomic E-state index is 0.420. The predicted molar refractivity (Wildman–Crippen MR) is 74.3 cm³/mol. The van der Waals surface area contributed by atoms with Crippen molar-refractivity contribution in [3.8, 4) is 22.3 Å². The third-order valence-electron chi connectivity index (χ3n) is 2.16. The summed E-state index contributed by atoms with van der Waals surface area (Å²) in [4.78, 5) is 9.58. The molecule has 0 aliphatic carbocycles. The van der Waals surface area contributed by atoms with E-state index in [1.54, 1.807) is 11.3 Å². The second kappa shape index (κ2) is 4.88. The fourth-order valence-electron chi connectivity index (χ4n) is 1.36. The highest BCUT2D eigenvalue weighted by molar-refractivity contribution is 9.10. The number of rotatable bonds is 3. The molecule has 0 aliphatic rings. The summed E-state index contributed by atoms with van der Waals surface area (Å²) in [6.45, 7) is 0.420. The van der Waals surface area contributed by atoms with Crippen molar-refractivity contribution in [2.75, 3.05) is 0 Å². The number of thiophene rings is 1. The maximum Gasteiger partial charge on any atom is 0.277 e. The van der Waals surface area contributed by atoms with E-state index in [0.29, 0.717) is 24.0 Å². The van der Waals surface area contributed by atoms with Crippen LogP contribution in [0, 0.1) is 0 Å². The molecule has 0 aromatic carbocycles. The second-order valence-electron chi connectivity index (χ2n) is 3.38. The van der Waals surface area contributed by atoms with Crippen molar-refractivity contribution in [3.63, 3.8) is 0 Å². The van der Waals surface area contributed by atoms with Crippen LogP contribution in [0.25, 0.3) is 22.3 Å². The molecular formula is C10H7BrN4OS2. The number of nitrogens with two attached hydrogens (primary N) is 1. The van der Waals surface area contributed by atoms with Crippen LogP contribution in [0.1, 0.15) is 5.01 Å². The van der Waals surface area contributed by atoms with Crippen molar-refractivity contribution in [1.29, 1.82) is 0 Å². The highest BCUT2D eigenvalue weighted by Crippen LogP contribution is 2.29. The third-order valence-corrected chi connectivity index (χ3v) is 4.72. The molecule has 0 saturated heterocycles. The Kier molecular flexibility index (Phi) is 3.25. The summed E-state index contributed by atoms with van der Waals surface area (Å²) in [6, 6.07) is 1.95. The molecule has 0 saturated carbocycles. The number of aromatic nitrogens is 3. The molecule has 3 rings (SSSR count). The molecule has 3 aromatic rings. The van der Waals surface area contributed by atoms with Crippen LogP contribution in [0.2, 0.25) is 0 Å². The van der Waals surface area contributed by atoms with E-state index in [1.165, 1.54) is 11.3 Å². The number of halogens is 1. The molecule has 3 heterocycles. The van der Waals surface area contributed by atoms with E-state index in [2.05, 4.69) is 31.1 Å². The molecule has 18 heavy (non-hydrogen) atoms. The van der Waals surface area contributed by atoms with Gasteiger partial charge < -0.3 is 10.3 Å². The molecule has 5 nitrogen and oxygen atoms in total. The van der Waals surface area contributed by atoms with Crippen LogP contribution in [0.15, 0.2) is 25.8 Å². The van der Waals surface area contributed by atoms with Gasteiger partial charge in [-0.2, -0.15) is 4.98 Å². The van der Waals surface area contributed by atoms with Crippen LogP contribution >= 0.6 is 38.6 Å². The second-order valence-corrected chi connectivity index (χ2v) is 6.15. The van der Waals surface area contributed by atoms with Gasteiger partial charge in [0, 0.05) is 21.8 Å². The minimum atomic E-state index is 0.420. The highest BCUT2D eigenvalue weighted by atomic mass is 79.9. The van der Waals surface area contributed by atoms with Crippen LogP contribution in [-0.4, -0.2) is 15.1 Å². The van der Waals surface area contributed by atoms with Gasteiger partial charge in [0.2, 0.25) is 5.82 Å². The molecule has 2 N–H and O–H groups in total. The monoisotopic (exact) mass is 342 g/mol. The lowest BCUT2D eigenvalue weighted by Crippen LogP contribution is -1.94. The summed E-state index contributed by atoms with van der Waals surface area (Å²) < 4.78 is 6.21. The van der Waals surface area contributed by atoms with Crippen molar-refractivity contribution < 1.29 is 4.52 Å². The Labute approximate surface area is 119 Å². The van der Waals surface area contributed by atoms with Gasteiger partial charge in [0.25, 0.3) is 5.89 Å². The molecule has 8 heteroatoms. The van der Waals surface area contributed by atoms with Crippen LogP contribution in [-0.2, 0) is 6.54 Å². The van der Waals surface area contributed by atoms with Gasteiger partial charge in [0.05, 0.1) is 4.88 Å². The highest BCUT2D eigenvalue weighted by Gasteiger charge is 2.14. The van der Waals surface area contributed by atoms with Crippen molar-refractivity contribution in [1.82, 2.24) is 15.1 Å². The molecule has 0 bridgehead atoms. The Balaban J connectivity index is 1.93. The van der Waals surface area contributed by atoms with E-state index in [9.17, 15) is 0 Å². The van der Waals surface area contributed by atoms with Crippen LogP contribution in [0.5, 0.6) is 0 Å². The molecule has 3 aromatic heterocycles. The molecular weight excluding hydrogens is 336 g/mol. The van der Waals surface area contributed by atoms with Gasteiger partial charge in [0.15, 0.2) is 0 Å². The zero-order valence-electron chi connectivity index (χ0n) is 8.96. The largest absolute Gasteiger partial charge is 0.332 e. The van der Waals surface area contributed by atoms with Gasteiger partial charge in [-0.1, -0.05) is 5.16 Å². The summed E-state index contributed by atoms with van der Waals surface area (Å²) in [5.41, 5.74) is 6.19. The van der Waals surface area contributed by atoms with E-state index < -0.39 is 0 Å². The molecule has 0 unspecified atom stereocenters. The summed E-state index contributed by atoms with van der Waals surface area (Å²) in [5, 5.41) is 8.64. The number of hydrogen-bond acceptors (Lipinski definition) is 7. The number of thiazole rings is 1. The van der Waals surface area contributed by atoms with Crippen molar-refractivity contribution >= 4 is 38.6 Å². The number of hydrogen-bond donors (Lipinski definition) is 1. The molecule has 0 aliphatic heterocycles. The minimum Gasteiger partial charge on any atom is -0.332 e. The average molecular weight is 343 g/mol. The molecule has 92 valence electrons. The van der Waals surface area contributed by atoms with Gasteiger partial charge in [-0.3, -0.25) is 0 Å². The van der Waals surface area contributed by atoms with E-state index in [4.69, 9.17) is 10.3 Å². The maximum absolute atomic E-state index is 5.52. The summed E-state index contributed by atoms with van der Waals surface area (Å²) >= 11 is 6.43. The van der Waals surface area contributed by atoms with Gasteiger partial charge >= 0.3 is 0 Å². The quantitative estimate of drug-likeness (QED) is 0.790. The molecule has 0 amide bonds. The van der Waals surface area contributed by atoms with Gasteiger partial charge in [0.1, 0.15) is 10.7 Å². The first-order chi connectivity index (χ1) is 8.76. The lowest BCUT2D eigenvalue weighted by Gasteiger charge is -1.85. The first-order valence-corrected chi connectivity index (χ1v) is 7.54. The SMILES string of the molecule is NCc1nc(-c2nc(-c3cc(Br)cs3)no2)cs1. The van der Waals surface area contributed by atoms with E-state index in [-0.39, 0.29) is 0 Å². The van der Waals surface area contributed by atoms with Gasteiger partial charge in [-0.05, 0) is 22.0 Å². The van der Waals surface area contributed by atoms with Crippen molar-refractivity contribution in [2.45, 2.75) is 6.54 Å². The van der Waals surface area contributed by atoms with Crippen LogP contribution in [0.4, 0.5) is 0 Å². The topological polar surface area (TPSA) is 77.8 Å². The Hall–Kier alpha value is -1.09. The Morgan fingerprint density at radius 2 is 2.17 bits per heavy atom. The van der Waals surface area contributed by atoms with Gasteiger partial charge in [-0.15, -0.1) is 22.7 Å². The Bertz CT molecular complexity index is 675. The normalized spacial score (nSPS) is 11.0. The molecule has 0 fully saturated rings. The zero-order chi connectivity index (χ0) is 12.5. The Morgan fingerprint density at radius 1 is 1.28 bits per heavy atom. The Morgan fingerprint density at radius 3 is 2.83 bits per heavy atom. The van der Waals surface area contributed by atoms with Crippen LogP contribution < -0.4 is 5.73 Å². The van der Waals surface area contributed by atoms with E-state index >= 15 is 0 Å². The number of nitrogens with zero attached hydrogens (tertiary/aromatic N) is 3. The summed E-state index contributed by atoms with van der Waals surface area (Å²) in [7, 11) is 0. The first-order valence-electron chi connectivity index (χ1n) is 4.99. The van der Waals surface area contributed by atoms with Crippen molar-refractivity contribution in [3.05, 3.63) is 26.3 Å². The smallest absolute Gasteiger partial charge is 0.277 e. The lowest BCUT2D eigenvalue weighted by atomic mass is 10.4. The fourth-order valence-corrected chi connectivity index (χ4v) is 3.36. The third kappa shape index (κ3) is 2.24. The predicted octanol–water partition coefficient (Wildman–Crippen LogP) is 3.14. The van der Waals surface area contributed by atoms with Crippen LogP contribution in [0.3, 0.4) is 0 Å². The average Bonchev–Trinajstić information content (AvgIpc) is 3.07. The first kappa shape index (κ1) is 12.0. The van der Waals surface area contributed by atoms with Crippen molar-refractivity contribution in [2.24, 2.45) is 5.73 Å². The lowest BCUT2D eigenvalue weighted by molar-refractivity contribution is 0.431. The standard InChI is InChI=1S/C10H7BrN4OS2/c11-5-1-7(17-3-5)9-14-10(16-15-9)6-4-18-8(2-12)13-6/h1,3-4H,2,12H2. The van der Waals surface area contributed by atoms with E-state index in [1.807, 2.05) is 16.8 Å². The van der Waals surface area contributed by atoms with Gasteiger partial charge in [-0.25, -0.2) is 4.98 Å². The summed E-state index contributed by atoms with van der Waals surface area (Å²) in [5.74, 6) is 0.994. The summed E-state index contributed by atoms with van der Waals surface area (Å²) in [6.07, 6.45) is 0.